The van der Waals surface area contributed by atoms with Crippen LogP contribution in [-0.4, -0.2) is 41.2 Å². The highest BCUT2D eigenvalue weighted by atomic mass is 32.1. The Kier molecular flexibility index (Phi) is 5.87. The van der Waals surface area contributed by atoms with E-state index in [0.717, 1.165) is 17.8 Å². The summed E-state index contributed by atoms with van der Waals surface area (Å²) in [6.07, 6.45) is -0.560. The van der Waals surface area contributed by atoms with E-state index >= 15 is 0 Å². The lowest BCUT2D eigenvalue weighted by atomic mass is 10.3. The molecule has 0 aliphatic rings. The normalized spacial score (nSPS) is 12.0. The van der Waals surface area contributed by atoms with Crippen molar-refractivity contribution in [3.8, 4) is 0 Å². The van der Waals surface area contributed by atoms with Crippen LogP contribution in [0.15, 0.2) is 0 Å². The SMILES string of the molecule is CCCOC(=O)c1sc(NC(=O)[C@H](O)CN)nc1C. The van der Waals surface area contributed by atoms with Crippen LogP contribution in [0.2, 0.25) is 0 Å². The van der Waals surface area contributed by atoms with Crippen LogP contribution in [0.3, 0.4) is 0 Å². The van der Waals surface area contributed by atoms with Gasteiger partial charge in [0.15, 0.2) is 5.13 Å². The van der Waals surface area contributed by atoms with Crippen LogP contribution in [0, 0.1) is 6.92 Å². The predicted molar refractivity (Wildman–Crippen MR) is 71.1 cm³/mol. The molecular formula is C11H17N3O4S. The molecule has 7 nitrogen and oxygen atoms in total. The standard InChI is InChI=1S/C11H17N3O4S/c1-3-4-18-10(17)8-6(2)13-11(19-8)14-9(16)7(15)5-12/h7,15H,3-5,12H2,1-2H3,(H,13,14,16)/t7-/m1/s1. The van der Waals surface area contributed by atoms with Crippen LogP contribution in [-0.2, 0) is 9.53 Å². The van der Waals surface area contributed by atoms with Crippen molar-refractivity contribution in [2.75, 3.05) is 18.5 Å². The third-order valence-electron chi connectivity index (χ3n) is 2.18. The van der Waals surface area contributed by atoms with E-state index in [2.05, 4.69) is 10.3 Å². The molecule has 0 aliphatic heterocycles. The number of amides is 1. The van der Waals surface area contributed by atoms with E-state index < -0.39 is 18.0 Å². The van der Waals surface area contributed by atoms with Crippen LogP contribution < -0.4 is 11.1 Å². The summed E-state index contributed by atoms with van der Waals surface area (Å²) in [4.78, 5) is 27.5. The Labute approximate surface area is 114 Å². The lowest BCUT2D eigenvalue weighted by molar-refractivity contribution is -0.123. The minimum Gasteiger partial charge on any atom is -0.461 e. The van der Waals surface area contributed by atoms with Gasteiger partial charge in [0.1, 0.15) is 11.0 Å². The number of carbonyl (C=O) groups is 2. The Morgan fingerprint density at radius 1 is 1.58 bits per heavy atom. The monoisotopic (exact) mass is 287 g/mol. The van der Waals surface area contributed by atoms with Crippen molar-refractivity contribution in [3.05, 3.63) is 10.6 Å². The van der Waals surface area contributed by atoms with Gasteiger partial charge in [-0.1, -0.05) is 18.3 Å². The molecule has 0 spiro atoms. The second-order valence-corrected chi connectivity index (χ2v) is 4.81. The van der Waals surface area contributed by atoms with Gasteiger partial charge in [0, 0.05) is 6.54 Å². The number of aliphatic hydroxyl groups excluding tert-OH is 1. The van der Waals surface area contributed by atoms with Gasteiger partial charge in [-0.3, -0.25) is 10.1 Å². The highest BCUT2D eigenvalue weighted by Gasteiger charge is 2.19. The number of aromatic nitrogens is 1. The Hall–Kier alpha value is -1.51. The fraction of sp³-hybridized carbons (Fsp3) is 0.545. The highest BCUT2D eigenvalue weighted by molar-refractivity contribution is 7.17. The summed E-state index contributed by atoms with van der Waals surface area (Å²) in [5.74, 6) is -1.11. The summed E-state index contributed by atoms with van der Waals surface area (Å²) in [6, 6.07) is 0. The number of aryl methyl sites for hydroxylation is 1. The van der Waals surface area contributed by atoms with Gasteiger partial charge >= 0.3 is 5.97 Å². The number of aliphatic hydroxyl groups is 1. The van der Waals surface area contributed by atoms with Crippen molar-refractivity contribution in [2.24, 2.45) is 5.73 Å². The molecule has 1 atom stereocenters. The highest BCUT2D eigenvalue weighted by Crippen LogP contribution is 2.23. The minimum absolute atomic E-state index is 0.179. The van der Waals surface area contributed by atoms with Gasteiger partial charge < -0.3 is 15.6 Å². The molecule has 4 N–H and O–H groups in total. The largest absolute Gasteiger partial charge is 0.461 e. The van der Waals surface area contributed by atoms with Gasteiger partial charge in [-0.2, -0.15) is 0 Å². The van der Waals surface area contributed by atoms with Crippen LogP contribution in [0.4, 0.5) is 5.13 Å². The van der Waals surface area contributed by atoms with E-state index in [-0.39, 0.29) is 11.7 Å². The second kappa shape index (κ2) is 7.17. The van der Waals surface area contributed by atoms with E-state index in [1.807, 2.05) is 6.92 Å². The number of nitrogens with two attached hydrogens (primary N) is 1. The fourth-order valence-electron chi connectivity index (χ4n) is 1.20. The smallest absolute Gasteiger partial charge is 0.350 e. The maximum absolute atomic E-state index is 11.7. The molecular weight excluding hydrogens is 270 g/mol. The molecule has 1 aromatic heterocycles. The summed E-state index contributed by atoms with van der Waals surface area (Å²) in [7, 11) is 0. The molecule has 0 saturated heterocycles. The maximum atomic E-state index is 11.7. The Morgan fingerprint density at radius 2 is 2.26 bits per heavy atom. The summed E-state index contributed by atoms with van der Waals surface area (Å²) in [6.45, 7) is 3.70. The lowest BCUT2D eigenvalue weighted by Crippen LogP contribution is -2.34. The molecule has 0 aromatic carbocycles. The van der Waals surface area contributed by atoms with Gasteiger partial charge in [0.25, 0.3) is 5.91 Å². The molecule has 1 amide bonds. The van der Waals surface area contributed by atoms with Crippen LogP contribution in [0.25, 0.3) is 0 Å². The molecule has 0 fully saturated rings. The lowest BCUT2D eigenvalue weighted by Gasteiger charge is -2.05. The van der Waals surface area contributed by atoms with E-state index in [1.165, 1.54) is 0 Å². The zero-order chi connectivity index (χ0) is 14.4. The summed E-state index contributed by atoms with van der Waals surface area (Å²) in [5, 5.41) is 11.9. The first kappa shape index (κ1) is 15.5. The summed E-state index contributed by atoms with van der Waals surface area (Å²) >= 11 is 1.00. The molecule has 0 saturated carbocycles. The number of esters is 1. The first-order valence-electron chi connectivity index (χ1n) is 5.83. The number of ether oxygens (including phenoxy) is 1. The molecule has 106 valence electrons. The number of rotatable bonds is 6. The average molecular weight is 287 g/mol. The molecule has 0 aliphatic carbocycles. The number of nitrogens with one attached hydrogen (secondary N) is 1. The topological polar surface area (TPSA) is 115 Å². The molecule has 8 heteroatoms. The predicted octanol–water partition coefficient (Wildman–Crippen LogP) is 0.276. The van der Waals surface area contributed by atoms with Crippen LogP contribution in [0.1, 0.15) is 28.7 Å². The molecule has 0 bridgehead atoms. The van der Waals surface area contributed by atoms with E-state index in [9.17, 15) is 14.7 Å². The summed E-state index contributed by atoms with van der Waals surface area (Å²) in [5.41, 5.74) is 5.64. The Morgan fingerprint density at radius 3 is 2.84 bits per heavy atom. The number of hydrogen-bond donors (Lipinski definition) is 3. The first-order chi connectivity index (χ1) is 8.99. The van der Waals surface area contributed by atoms with Crippen molar-refractivity contribution < 1.29 is 19.4 Å². The van der Waals surface area contributed by atoms with Crippen molar-refractivity contribution in [1.29, 1.82) is 0 Å². The number of nitrogens with zero attached hydrogens (tertiary/aromatic N) is 1. The van der Waals surface area contributed by atoms with E-state index in [0.29, 0.717) is 17.2 Å². The van der Waals surface area contributed by atoms with Gasteiger partial charge in [-0.05, 0) is 13.3 Å². The van der Waals surface area contributed by atoms with Crippen LogP contribution in [0.5, 0.6) is 0 Å². The van der Waals surface area contributed by atoms with Crippen LogP contribution >= 0.6 is 11.3 Å². The fourth-order valence-corrected chi connectivity index (χ4v) is 2.06. The third kappa shape index (κ3) is 4.27. The zero-order valence-electron chi connectivity index (χ0n) is 10.8. The first-order valence-corrected chi connectivity index (χ1v) is 6.64. The van der Waals surface area contributed by atoms with Gasteiger partial charge in [-0.15, -0.1) is 0 Å². The van der Waals surface area contributed by atoms with Gasteiger partial charge in [0.2, 0.25) is 0 Å². The number of hydrogen-bond acceptors (Lipinski definition) is 7. The third-order valence-corrected chi connectivity index (χ3v) is 3.23. The molecule has 0 radical (unpaired) electrons. The minimum atomic E-state index is -1.29. The van der Waals surface area contributed by atoms with Crippen molar-refractivity contribution in [1.82, 2.24) is 4.98 Å². The molecule has 1 heterocycles. The van der Waals surface area contributed by atoms with Crippen molar-refractivity contribution in [2.45, 2.75) is 26.4 Å². The van der Waals surface area contributed by atoms with Crippen molar-refractivity contribution >= 4 is 28.3 Å². The Bertz CT molecular complexity index is 461. The number of anilines is 1. The molecule has 1 aromatic rings. The maximum Gasteiger partial charge on any atom is 0.350 e. The van der Waals surface area contributed by atoms with Gasteiger partial charge in [-0.25, -0.2) is 9.78 Å². The quantitative estimate of drug-likeness (QED) is 0.647. The summed E-state index contributed by atoms with van der Waals surface area (Å²) < 4.78 is 4.99. The van der Waals surface area contributed by atoms with E-state index in [1.54, 1.807) is 6.92 Å². The number of carbonyl (C=O) groups excluding carboxylic acids is 2. The van der Waals surface area contributed by atoms with Crippen molar-refractivity contribution in [3.63, 3.8) is 0 Å². The molecule has 1 rings (SSSR count). The average Bonchev–Trinajstić information content (AvgIpc) is 2.75. The number of thiazole rings is 1. The molecule has 0 unspecified atom stereocenters. The second-order valence-electron chi connectivity index (χ2n) is 3.81. The zero-order valence-corrected chi connectivity index (χ0v) is 11.6. The Balaban J connectivity index is 2.73. The van der Waals surface area contributed by atoms with E-state index in [4.69, 9.17) is 10.5 Å². The van der Waals surface area contributed by atoms with Gasteiger partial charge in [0.05, 0.1) is 12.3 Å². The molecule has 19 heavy (non-hydrogen) atoms.